The molecule has 0 atom stereocenters. The van der Waals surface area contributed by atoms with Crippen LogP contribution in [0.3, 0.4) is 0 Å². The number of benzene rings is 2. The zero-order chi connectivity index (χ0) is 22.3. The van der Waals surface area contributed by atoms with Crippen LogP contribution in [0.4, 0.5) is 11.4 Å². The Labute approximate surface area is 185 Å². The predicted octanol–water partition coefficient (Wildman–Crippen LogP) is 5.13. The third-order valence-electron chi connectivity index (χ3n) is 3.67. The number of rotatable bonds is 8. The Morgan fingerprint density at radius 2 is 2.17 bits per heavy atom. The first kappa shape index (κ1) is 22.9. The van der Waals surface area contributed by atoms with Gasteiger partial charge < -0.3 is 14.8 Å². The fourth-order valence-electron chi connectivity index (χ4n) is 2.35. The summed E-state index contributed by atoms with van der Waals surface area (Å²) in [6.07, 6.45) is 2.93. The highest BCUT2D eigenvalue weighted by Crippen LogP contribution is 2.37. The molecule has 0 radical (unpaired) electrons. The second kappa shape index (κ2) is 10.4. The van der Waals surface area contributed by atoms with Gasteiger partial charge in [-0.05, 0) is 51.8 Å². The van der Waals surface area contributed by atoms with Gasteiger partial charge >= 0.3 is 0 Å². The van der Waals surface area contributed by atoms with E-state index in [2.05, 4.69) is 27.8 Å². The van der Waals surface area contributed by atoms with E-state index >= 15 is 0 Å². The van der Waals surface area contributed by atoms with E-state index in [1.54, 1.807) is 18.2 Å². The summed E-state index contributed by atoms with van der Waals surface area (Å²) in [6, 6.07) is 8.86. The molecule has 1 amide bonds. The number of nitrogens with one attached hydrogen (secondary N) is 1. The van der Waals surface area contributed by atoms with E-state index in [0.29, 0.717) is 21.5 Å². The number of hydrogen-bond donors (Lipinski definition) is 1. The lowest BCUT2D eigenvalue weighted by Crippen LogP contribution is -2.13. The van der Waals surface area contributed by atoms with Crippen LogP contribution in [-0.2, 0) is 4.79 Å². The lowest BCUT2D eigenvalue weighted by atomic mass is 10.1. The summed E-state index contributed by atoms with van der Waals surface area (Å²) in [7, 11) is 1.46. The zero-order valence-electron chi connectivity index (χ0n) is 15.6. The van der Waals surface area contributed by atoms with E-state index in [1.165, 1.54) is 25.3 Å². The van der Waals surface area contributed by atoms with Crippen molar-refractivity contribution in [2.45, 2.75) is 0 Å². The molecule has 0 heterocycles. The van der Waals surface area contributed by atoms with Crippen LogP contribution in [0, 0.1) is 21.4 Å². The molecule has 0 bridgehead atoms. The molecule has 2 rings (SSSR count). The molecule has 0 fully saturated rings. The minimum Gasteiger partial charge on any atom is -0.493 e. The smallest absolute Gasteiger partial charge is 0.289 e. The second-order valence-electron chi connectivity index (χ2n) is 5.68. The third-order valence-corrected chi connectivity index (χ3v) is 4.58. The molecule has 0 spiro atoms. The standard InChI is InChI=1S/C20H15BrClN3O5/c1-3-6-30-19-15(21)8-12(9-18(19)29-2)7-13(11-23)20(26)24-14-4-5-16(22)17(10-14)25(27)28/h3-5,7-10H,1,6H2,2H3,(H,24,26)/b13-7+. The molecular weight excluding hydrogens is 478 g/mol. The minimum absolute atomic E-state index is 0.0650. The fourth-order valence-corrected chi connectivity index (χ4v) is 3.11. The van der Waals surface area contributed by atoms with Gasteiger partial charge in [0.1, 0.15) is 23.3 Å². The summed E-state index contributed by atoms with van der Waals surface area (Å²) in [5.41, 5.74) is 0.0460. The van der Waals surface area contributed by atoms with Gasteiger partial charge in [-0.3, -0.25) is 14.9 Å². The van der Waals surface area contributed by atoms with Crippen LogP contribution in [-0.4, -0.2) is 24.5 Å². The number of methoxy groups -OCH3 is 1. The molecule has 0 unspecified atom stereocenters. The Morgan fingerprint density at radius 3 is 2.77 bits per heavy atom. The largest absolute Gasteiger partial charge is 0.493 e. The minimum atomic E-state index is -0.740. The summed E-state index contributed by atoms with van der Waals surface area (Å²) in [5.74, 6) is 0.102. The number of carbonyl (C=O) groups is 1. The van der Waals surface area contributed by atoms with Crippen molar-refractivity contribution in [3.8, 4) is 17.6 Å². The van der Waals surface area contributed by atoms with E-state index < -0.39 is 10.8 Å². The SMILES string of the molecule is C=CCOc1c(Br)cc(/C=C(\C#N)C(=O)Nc2ccc(Cl)c([N+](=O)[O-])c2)cc1OC. The average molecular weight is 493 g/mol. The van der Waals surface area contributed by atoms with Gasteiger partial charge in [-0.2, -0.15) is 5.26 Å². The van der Waals surface area contributed by atoms with Gasteiger partial charge in [0, 0.05) is 11.8 Å². The number of nitro groups is 1. The number of amides is 1. The summed E-state index contributed by atoms with van der Waals surface area (Å²) < 4.78 is 11.4. The first-order valence-corrected chi connectivity index (χ1v) is 9.46. The molecule has 0 saturated carbocycles. The van der Waals surface area contributed by atoms with Crippen LogP contribution >= 0.6 is 27.5 Å². The van der Waals surface area contributed by atoms with Crippen molar-refractivity contribution < 1.29 is 19.2 Å². The van der Waals surface area contributed by atoms with Gasteiger partial charge in [0.2, 0.25) is 0 Å². The van der Waals surface area contributed by atoms with Gasteiger partial charge in [0.15, 0.2) is 11.5 Å². The van der Waals surface area contributed by atoms with Gasteiger partial charge in [-0.15, -0.1) is 0 Å². The molecule has 0 aliphatic carbocycles. The maximum absolute atomic E-state index is 12.5. The molecular formula is C20H15BrClN3O5. The molecule has 1 N–H and O–H groups in total. The number of carbonyl (C=O) groups excluding carboxylic acids is 1. The second-order valence-corrected chi connectivity index (χ2v) is 6.94. The quantitative estimate of drug-likeness (QED) is 0.180. The first-order chi connectivity index (χ1) is 14.3. The van der Waals surface area contributed by atoms with Crippen LogP contribution in [0.2, 0.25) is 5.02 Å². The first-order valence-electron chi connectivity index (χ1n) is 8.29. The predicted molar refractivity (Wildman–Crippen MR) is 117 cm³/mol. The molecule has 0 aromatic heterocycles. The molecule has 0 aliphatic heterocycles. The average Bonchev–Trinajstić information content (AvgIpc) is 2.71. The molecule has 154 valence electrons. The molecule has 0 saturated heterocycles. The number of nitro benzene ring substituents is 1. The lowest BCUT2D eigenvalue weighted by molar-refractivity contribution is -0.384. The van der Waals surface area contributed by atoms with Crippen molar-refractivity contribution in [2.75, 3.05) is 19.0 Å². The topological polar surface area (TPSA) is 114 Å². The number of nitrogens with zero attached hydrogens (tertiary/aromatic N) is 2. The van der Waals surface area contributed by atoms with E-state index in [9.17, 15) is 20.2 Å². The normalized spacial score (nSPS) is 10.7. The third kappa shape index (κ3) is 5.59. The summed E-state index contributed by atoms with van der Waals surface area (Å²) in [5, 5.41) is 22.8. The highest BCUT2D eigenvalue weighted by Gasteiger charge is 2.17. The number of hydrogen-bond acceptors (Lipinski definition) is 6. The molecule has 30 heavy (non-hydrogen) atoms. The molecule has 8 nitrogen and oxygen atoms in total. The highest BCUT2D eigenvalue weighted by atomic mass is 79.9. The Morgan fingerprint density at radius 1 is 1.43 bits per heavy atom. The van der Waals surface area contributed by atoms with Crippen LogP contribution in [0.15, 0.2) is 53.0 Å². The summed E-state index contributed by atoms with van der Waals surface area (Å²) in [4.78, 5) is 22.8. The molecule has 0 aliphatic rings. The number of anilines is 1. The van der Waals surface area contributed by atoms with E-state index in [4.69, 9.17) is 21.1 Å². The highest BCUT2D eigenvalue weighted by molar-refractivity contribution is 9.10. The van der Waals surface area contributed by atoms with Crippen molar-refractivity contribution in [1.29, 1.82) is 5.26 Å². The molecule has 10 heteroatoms. The number of ether oxygens (including phenoxy) is 2. The fraction of sp³-hybridized carbons (Fsp3) is 0.100. The van der Waals surface area contributed by atoms with Crippen LogP contribution < -0.4 is 14.8 Å². The summed E-state index contributed by atoms with van der Waals surface area (Å²) in [6.45, 7) is 3.85. The van der Waals surface area contributed by atoms with Gasteiger partial charge in [0.25, 0.3) is 11.6 Å². The van der Waals surface area contributed by atoms with E-state index in [-0.39, 0.29) is 28.6 Å². The Hall–Kier alpha value is -3.35. The summed E-state index contributed by atoms with van der Waals surface area (Å²) >= 11 is 9.13. The Kier molecular flexibility index (Phi) is 7.98. The van der Waals surface area contributed by atoms with Crippen molar-refractivity contribution in [3.05, 3.63) is 73.7 Å². The monoisotopic (exact) mass is 491 g/mol. The maximum atomic E-state index is 12.5. The number of nitriles is 1. The van der Waals surface area contributed by atoms with Gasteiger partial charge in [-0.1, -0.05) is 24.3 Å². The molecule has 2 aromatic carbocycles. The maximum Gasteiger partial charge on any atom is 0.289 e. The van der Waals surface area contributed by atoms with Crippen molar-refractivity contribution >= 4 is 50.9 Å². The van der Waals surface area contributed by atoms with Gasteiger partial charge in [0.05, 0.1) is 16.5 Å². The van der Waals surface area contributed by atoms with Crippen molar-refractivity contribution in [3.63, 3.8) is 0 Å². The van der Waals surface area contributed by atoms with E-state index in [1.807, 2.05) is 6.07 Å². The lowest BCUT2D eigenvalue weighted by Gasteiger charge is -2.12. The molecule has 2 aromatic rings. The van der Waals surface area contributed by atoms with Crippen molar-refractivity contribution in [2.24, 2.45) is 0 Å². The zero-order valence-corrected chi connectivity index (χ0v) is 18.0. The van der Waals surface area contributed by atoms with Crippen molar-refractivity contribution in [1.82, 2.24) is 0 Å². The number of halogens is 2. The Balaban J connectivity index is 2.33. The van der Waals surface area contributed by atoms with Gasteiger partial charge in [-0.25, -0.2) is 0 Å². The van der Waals surface area contributed by atoms with E-state index in [0.717, 1.165) is 6.07 Å². The Bertz CT molecular complexity index is 1080. The van der Waals surface area contributed by atoms with Crippen LogP contribution in [0.25, 0.3) is 6.08 Å². The van der Waals surface area contributed by atoms with Crippen LogP contribution in [0.5, 0.6) is 11.5 Å². The van der Waals surface area contributed by atoms with Crippen LogP contribution in [0.1, 0.15) is 5.56 Å².